The zero-order valence-corrected chi connectivity index (χ0v) is 6.53. The molecule has 0 aliphatic heterocycles. The maximum absolute atomic E-state index is 8.71. The van der Waals surface area contributed by atoms with Crippen molar-refractivity contribution < 1.29 is 10.2 Å². The summed E-state index contributed by atoms with van der Waals surface area (Å²) >= 11 is 0. The van der Waals surface area contributed by atoms with E-state index in [1.807, 2.05) is 0 Å². The summed E-state index contributed by atoms with van der Waals surface area (Å²) in [5.74, 6) is 0. The minimum absolute atomic E-state index is 0.0117. The second-order valence-electron chi connectivity index (χ2n) is 3.16. The standard InChI is InChI=1S/C7H16N2O2/c8-5-1-6(2-5)9-7(3-10)4-11/h5-7,9-11H,1-4,8H2. The molecule has 0 heterocycles. The molecule has 1 fully saturated rings. The molecule has 0 aromatic carbocycles. The van der Waals surface area contributed by atoms with Crippen LogP contribution in [0.1, 0.15) is 12.8 Å². The van der Waals surface area contributed by atoms with Crippen molar-refractivity contribution >= 4 is 0 Å². The van der Waals surface area contributed by atoms with Gasteiger partial charge in [-0.2, -0.15) is 0 Å². The van der Waals surface area contributed by atoms with Crippen LogP contribution in [0.15, 0.2) is 0 Å². The first kappa shape index (κ1) is 8.93. The van der Waals surface area contributed by atoms with Gasteiger partial charge in [-0.1, -0.05) is 0 Å². The van der Waals surface area contributed by atoms with Crippen molar-refractivity contribution in [1.29, 1.82) is 0 Å². The number of aliphatic hydroxyl groups is 2. The van der Waals surface area contributed by atoms with Crippen molar-refractivity contribution in [2.45, 2.75) is 31.0 Å². The van der Waals surface area contributed by atoms with Crippen LogP contribution in [0.2, 0.25) is 0 Å². The van der Waals surface area contributed by atoms with E-state index in [2.05, 4.69) is 5.32 Å². The van der Waals surface area contributed by atoms with Crippen LogP contribution < -0.4 is 11.1 Å². The predicted molar refractivity (Wildman–Crippen MR) is 42.1 cm³/mol. The van der Waals surface area contributed by atoms with Gasteiger partial charge in [-0.05, 0) is 12.8 Å². The van der Waals surface area contributed by atoms with Crippen molar-refractivity contribution in [3.05, 3.63) is 0 Å². The summed E-state index contributed by atoms with van der Waals surface area (Å²) in [5.41, 5.74) is 5.56. The molecule has 0 amide bonds. The van der Waals surface area contributed by atoms with Gasteiger partial charge in [0.25, 0.3) is 0 Å². The van der Waals surface area contributed by atoms with Crippen LogP contribution in [-0.2, 0) is 0 Å². The fourth-order valence-electron chi connectivity index (χ4n) is 1.29. The molecular formula is C7H16N2O2. The Labute approximate surface area is 66.4 Å². The highest BCUT2D eigenvalue weighted by Gasteiger charge is 2.27. The van der Waals surface area contributed by atoms with E-state index >= 15 is 0 Å². The second-order valence-corrected chi connectivity index (χ2v) is 3.16. The van der Waals surface area contributed by atoms with E-state index < -0.39 is 0 Å². The van der Waals surface area contributed by atoms with Gasteiger partial charge in [-0.25, -0.2) is 0 Å². The maximum atomic E-state index is 8.71. The minimum Gasteiger partial charge on any atom is -0.395 e. The fourth-order valence-corrected chi connectivity index (χ4v) is 1.29. The molecular weight excluding hydrogens is 144 g/mol. The monoisotopic (exact) mass is 160 g/mol. The number of nitrogens with two attached hydrogens (primary N) is 1. The van der Waals surface area contributed by atoms with Crippen LogP contribution in [0.3, 0.4) is 0 Å². The lowest BCUT2D eigenvalue weighted by molar-refractivity contribution is 0.142. The summed E-state index contributed by atoms with van der Waals surface area (Å²) < 4.78 is 0. The smallest absolute Gasteiger partial charge is 0.0607 e. The molecule has 1 aliphatic rings. The summed E-state index contributed by atoms with van der Waals surface area (Å²) in [6, 6.07) is 0.535. The zero-order chi connectivity index (χ0) is 8.27. The number of rotatable bonds is 4. The molecule has 5 N–H and O–H groups in total. The van der Waals surface area contributed by atoms with Gasteiger partial charge in [-0.3, -0.25) is 0 Å². The average molecular weight is 160 g/mol. The third kappa shape index (κ3) is 2.41. The molecule has 0 bridgehead atoms. The lowest BCUT2D eigenvalue weighted by Gasteiger charge is -2.35. The van der Waals surface area contributed by atoms with Gasteiger partial charge in [0.05, 0.1) is 19.3 Å². The highest BCUT2D eigenvalue weighted by Crippen LogP contribution is 2.17. The van der Waals surface area contributed by atoms with Crippen LogP contribution >= 0.6 is 0 Å². The van der Waals surface area contributed by atoms with Crippen molar-refractivity contribution in [2.24, 2.45) is 5.73 Å². The number of hydrogen-bond acceptors (Lipinski definition) is 4. The Morgan fingerprint density at radius 2 is 1.91 bits per heavy atom. The first-order chi connectivity index (χ1) is 5.26. The van der Waals surface area contributed by atoms with Crippen LogP contribution in [0.25, 0.3) is 0 Å². The van der Waals surface area contributed by atoms with Gasteiger partial charge in [-0.15, -0.1) is 0 Å². The van der Waals surface area contributed by atoms with Gasteiger partial charge >= 0.3 is 0 Å². The molecule has 4 nitrogen and oxygen atoms in total. The number of hydrogen-bond donors (Lipinski definition) is 4. The average Bonchev–Trinajstić information content (AvgIpc) is 1.96. The molecule has 0 aromatic rings. The first-order valence-corrected chi connectivity index (χ1v) is 3.99. The third-order valence-electron chi connectivity index (χ3n) is 2.09. The molecule has 1 aliphatic carbocycles. The van der Waals surface area contributed by atoms with Crippen LogP contribution in [-0.4, -0.2) is 41.6 Å². The Balaban J connectivity index is 2.09. The van der Waals surface area contributed by atoms with Crippen molar-refractivity contribution in [1.82, 2.24) is 5.32 Å². The maximum Gasteiger partial charge on any atom is 0.0607 e. The molecule has 0 aromatic heterocycles. The van der Waals surface area contributed by atoms with E-state index in [0.29, 0.717) is 12.1 Å². The van der Waals surface area contributed by atoms with E-state index in [1.54, 1.807) is 0 Å². The van der Waals surface area contributed by atoms with Gasteiger partial charge in [0, 0.05) is 12.1 Å². The van der Waals surface area contributed by atoms with Crippen molar-refractivity contribution in [3.8, 4) is 0 Å². The fraction of sp³-hybridized carbons (Fsp3) is 1.00. The quantitative estimate of drug-likeness (QED) is 0.400. The Morgan fingerprint density at radius 3 is 2.27 bits per heavy atom. The lowest BCUT2D eigenvalue weighted by atomic mass is 9.87. The lowest BCUT2D eigenvalue weighted by Crippen LogP contribution is -2.53. The molecule has 4 heteroatoms. The summed E-state index contributed by atoms with van der Waals surface area (Å²) in [5, 5.41) is 20.5. The van der Waals surface area contributed by atoms with E-state index in [0.717, 1.165) is 12.8 Å². The number of aliphatic hydroxyl groups excluding tert-OH is 2. The molecule has 1 rings (SSSR count). The summed E-state index contributed by atoms with van der Waals surface area (Å²) in [7, 11) is 0. The molecule has 1 saturated carbocycles. The third-order valence-corrected chi connectivity index (χ3v) is 2.09. The summed E-state index contributed by atoms with van der Waals surface area (Å²) in [6.45, 7) is -0.0233. The normalized spacial score (nSPS) is 30.5. The predicted octanol–water partition coefficient (Wildman–Crippen LogP) is -1.58. The Kier molecular flexibility index (Phi) is 3.26. The molecule has 0 spiro atoms. The summed E-state index contributed by atoms with van der Waals surface area (Å²) in [4.78, 5) is 0. The van der Waals surface area contributed by atoms with Crippen molar-refractivity contribution in [2.75, 3.05) is 13.2 Å². The van der Waals surface area contributed by atoms with Crippen LogP contribution in [0.5, 0.6) is 0 Å². The molecule has 0 saturated heterocycles. The van der Waals surface area contributed by atoms with Gasteiger partial charge < -0.3 is 21.3 Å². The molecule has 0 atom stereocenters. The highest BCUT2D eigenvalue weighted by molar-refractivity contribution is 4.89. The Bertz CT molecular complexity index is 111. The SMILES string of the molecule is NC1CC(NC(CO)CO)C1. The summed E-state index contributed by atoms with van der Waals surface area (Å²) in [6.07, 6.45) is 1.91. The molecule has 0 radical (unpaired) electrons. The number of nitrogens with one attached hydrogen (secondary N) is 1. The topological polar surface area (TPSA) is 78.5 Å². The van der Waals surface area contributed by atoms with E-state index in [-0.39, 0.29) is 19.3 Å². The Morgan fingerprint density at radius 1 is 1.36 bits per heavy atom. The van der Waals surface area contributed by atoms with Gasteiger partial charge in [0.2, 0.25) is 0 Å². The second kappa shape index (κ2) is 4.01. The highest BCUT2D eigenvalue weighted by atomic mass is 16.3. The van der Waals surface area contributed by atoms with Crippen LogP contribution in [0, 0.1) is 0 Å². The van der Waals surface area contributed by atoms with Gasteiger partial charge in [0.15, 0.2) is 0 Å². The largest absolute Gasteiger partial charge is 0.395 e. The zero-order valence-electron chi connectivity index (χ0n) is 6.53. The van der Waals surface area contributed by atoms with E-state index in [4.69, 9.17) is 15.9 Å². The first-order valence-electron chi connectivity index (χ1n) is 3.99. The molecule has 11 heavy (non-hydrogen) atoms. The molecule has 66 valence electrons. The van der Waals surface area contributed by atoms with Gasteiger partial charge in [0.1, 0.15) is 0 Å². The van der Waals surface area contributed by atoms with E-state index in [1.165, 1.54) is 0 Å². The van der Waals surface area contributed by atoms with Crippen LogP contribution in [0.4, 0.5) is 0 Å². The van der Waals surface area contributed by atoms with Crippen molar-refractivity contribution in [3.63, 3.8) is 0 Å². The Hall–Kier alpha value is -0.160. The molecule has 0 unspecified atom stereocenters. The van der Waals surface area contributed by atoms with E-state index in [9.17, 15) is 0 Å². The minimum atomic E-state index is -0.174.